The lowest BCUT2D eigenvalue weighted by molar-refractivity contribution is -0.137. The van der Waals surface area contributed by atoms with Gasteiger partial charge in [-0.1, -0.05) is 37.6 Å². The molecule has 1 N–H and O–H groups in total. The number of nitrogens with one attached hydrogen (secondary N) is 1. The molecule has 0 fully saturated rings. The van der Waals surface area contributed by atoms with Crippen LogP contribution in [0, 0.1) is 12.8 Å². The Labute approximate surface area is 139 Å². The molecule has 1 amide bonds. The minimum absolute atomic E-state index is 0.151. The van der Waals surface area contributed by atoms with Gasteiger partial charge in [-0.3, -0.25) is 4.79 Å². The van der Waals surface area contributed by atoms with Crippen molar-refractivity contribution < 1.29 is 18.0 Å². The van der Waals surface area contributed by atoms with E-state index in [9.17, 15) is 18.0 Å². The number of carbonyl (C=O) groups excluding carboxylic acids is 1. The summed E-state index contributed by atoms with van der Waals surface area (Å²) in [6, 6.07) is 10.5. The van der Waals surface area contributed by atoms with Crippen molar-refractivity contribution in [3.05, 3.63) is 53.6 Å². The first kappa shape index (κ1) is 18.0. The van der Waals surface area contributed by atoms with Gasteiger partial charge in [-0.15, -0.1) is 0 Å². The van der Waals surface area contributed by atoms with E-state index in [-0.39, 0.29) is 11.8 Å². The minimum Gasteiger partial charge on any atom is -0.326 e. The summed E-state index contributed by atoms with van der Waals surface area (Å²) in [5, 5.41) is 2.81. The minimum atomic E-state index is -4.40. The summed E-state index contributed by atoms with van der Waals surface area (Å²) in [7, 11) is 0. The molecule has 24 heavy (non-hydrogen) atoms. The zero-order chi connectivity index (χ0) is 17.9. The number of amides is 1. The largest absolute Gasteiger partial charge is 0.416 e. The maximum atomic E-state index is 12.9. The van der Waals surface area contributed by atoms with Crippen LogP contribution in [0.15, 0.2) is 42.5 Å². The van der Waals surface area contributed by atoms with Gasteiger partial charge < -0.3 is 5.32 Å². The second kappa shape index (κ2) is 7.07. The molecule has 5 heteroatoms. The number of halogens is 3. The van der Waals surface area contributed by atoms with Crippen LogP contribution in [-0.4, -0.2) is 5.91 Å². The predicted molar refractivity (Wildman–Crippen MR) is 89.7 cm³/mol. The van der Waals surface area contributed by atoms with Crippen molar-refractivity contribution in [2.75, 3.05) is 5.32 Å². The van der Waals surface area contributed by atoms with Crippen LogP contribution < -0.4 is 5.32 Å². The average Bonchev–Trinajstić information content (AvgIpc) is 2.47. The third-order valence-electron chi connectivity index (χ3n) is 3.54. The fraction of sp³-hybridized carbons (Fsp3) is 0.316. The van der Waals surface area contributed by atoms with Gasteiger partial charge >= 0.3 is 6.18 Å². The molecule has 0 bridgehead atoms. The first-order valence-corrected chi connectivity index (χ1v) is 7.75. The quantitative estimate of drug-likeness (QED) is 0.767. The van der Waals surface area contributed by atoms with E-state index in [1.165, 1.54) is 6.07 Å². The van der Waals surface area contributed by atoms with Gasteiger partial charge in [-0.25, -0.2) is 0 Å². The van der Waals surface area contributed by atoms with Crippen LogP contribution in [0.3, 0.4) is 0 Å². The second-order valence-electron chi connectivity index (χ2n) is 6.27. The number of benzene rings is 2. The summed E-state index contributed by atoms with van der Waals surface area (Å²) >= 11 is 0. The topological polar surface area (TPSA) is 29.1 Å². The molecule has 128 valence electrons. The van der Waals surface area contributed by atoms with Gasteiger partial charge in [-0.2, -0.15) is 13.2 Å². The molecule has 0 unspecified atom stereocenters. The molecule has 0 heterocycles. The van der Waals surface area contributed by atoms with Crippen molar-refractivity contribution in [2.45, 2.75) is 33.4 Å². The van der Waals surface area contributed by atoms with Crippen LogP contribution >= 0.6 is 0 Å². The Morgan fingerprint density at radius 2 is 1.83 bits per heavy atom. The lowest BCUT2D eigenvalue weighted by Gasteiger charge is -2.15. The van der Waals surface area contributed by atoms with Crippen molar-refractivity contribution in [2.24, 2.45) is 5.92 Å². The molecule has 0 saturated heterocycles. The van der Waals surface area contributed by atoms with Crippen LogP contribution in [0.25, 0.3) is 11.1 Å². The van der Waals surface area contributed by atoms with Crippen molar-refractivity contribution in [3.8, 4) is 11.1 Å². The highest BCUT2D eigenvalue weighted by Gasteiger charge is 2.30. The molecule has 0 aliphatic carbocycles. The third-order valence-corrected chi connectivity index (χ3v) is 3.54. The number of aryl methyl sites for hydroxylation is 1. The summed E-state index contributed by atoms with van der Waals surface area (Å²) in [6.07, 6.45) is -4.04. The van der Waals surface area contributed by atoms with Gasteiger partial charge in [0, 0.05) is 17.7 Å². The first-order chi connectivity index (χ1) is 11.2. The molecule has 0 atom stereocenters. The number of carbonyl (C=O) groups is 1. The molecular formula is C19H20F3NO. The maximum absolute atomic E-state index is 12.9. The van der Waals surface area contributed by atoms with E-state index in [0.29, 0.717) is 23.2 Å². The van der Waals surface area contributed by atoms with Crippen LogP contribution in [0.5, 0.6) is 0 Å². The van der Waals surface area contributed by atoms with Gasteiger partial charge in [0.25, 0.3) is 0 Å². The molecule has 0 aromatic heterocycles. The fourth-order valence-corrected chi connectivity index (χ4v) is 2.44. The summed E-state index contributed by atoms with van der Waals surface area (Å²) in [5.74, 6) is 0.0505. The van der Waals surface area contributed by atoms with Gasteiger partial charge in [-0.05, 0) is 42.7 Å². The number of alkyl halides is 3. The van der Waals surface area contributed by atoms with Crippen molar-refractivity contribution in [1.82, 2.24) is 0 Å². The smallest absolute Gasteiger partial charge is 0.326 e. The Hall–Kier alpha value is -2.30. The molecule has 2 rings (SSSR count). The molecule has 2 aromatic carbocycles. The van der Waals surface area contributed by atoms with E-state index < -0.39 is 11.7 Å². The van der Waals surface area contributed by atoms with Crippen molar-refractivity contribution in [1.29, 1.82) is 0 Å². The van der Waals surface area contributed by atoms with E-state index in [4.69, 9.17) is 0 Å². The summed E-state index contributed by atoms with van der Waals surface area (Å²) in [4.78, 5) is 12.0. The number of hydrogen-bond acceptors (Lipinski definition) is 1. The Morgan fingerprint density at radius 3 is 2.46 bits per heavy atom. The standard InChI is InChI=1S/C19H20F3NO/c1-12(2)9-18(24)23-17-8-7-13(3)10-16(17)14-5-4-6-15(11-14)19(20,21)22/h4-8,10-12H,9H2,1-3H3,(H,23,24). The molecule has 0 aliphatic heterocycles. The highest BCUT2D eigenvalue weighted by atomic mass is 19.4. The lowest BCUT2D eigenvalue weighted by Crippen LogP contribution is -2.14. The number of hydrogen-bond donors (Lipinski definition) is 1. The Kier molecular flexibility index (Phi) is 5.32. The zero-order valence-electron chi connectivity index (χ0n) is 13.9. The SMILES string of the molecule is Cc1ccc(NC(=O)CC(C)C)c(-c2cccc(C(F)(F)F)c2)c1. The average molecular weight is 335 g/mol. The molecule has 0 spiro atoms. The highest BCUT2D eigenvalue weighted by Crippen LogP contribution is 2.35. The van der Waals surface area contributed by atoms with E-state index in [1.807, 2.05) is 26.8 Å². The van der Waals surface area contributed by atoms with Gasteiger partial charge in [0.15, 0.2) is 0 Å². The predicted octanol–water partition coefficient (Wildman–Crippen LogP) is 5.67. The molecule has 0 aliphatic rings. The van der Waals surface area contributed by atoms with Crippen LogP contribution in [-0.2, 0) is 11.0 Å². The Bertz CT molecular complexity index is 736. The maximum Gasteiger partial charge on any atom is 0.416 e. The molecule has 0 radical (unpaired) electrons. The zero-order valence-corrected chi connectivity index (χ0v) is 13.9. The van der Waals surface area contributed by atoms with Crippen LogP contribution in [0.4, 0.5) is 18.9 Å². The van der Waals surface area contributed by atoms with Crippen molar-refractivity contribution >= 4 is 11.6 Å². The normalized spacial score (nSPS) is 11.6. The van der Waals surface area contributed by atoms with Crippen LogP contribution in [0.2, 0.25) is 0 Å². The molecular weight excluding hydrogens is 315 g/mol. The number of anilines is 1. The lowest BCUT2D eigenvalue weighted by atomic mass is 9.99. The third kappa shape index (κ3) is 4.60. The van der Waals surface area contributed by atoms with Gasteiger partial charge in [0.05, 0.1) is 5.56 Å². The summed E-state index contributed by atoms with van der Waals surface area (Å²) in [6.45, 7) is 5.72. The fourth-order valence-electron chi connectivity index (χ4n) is 2.44. The van der Waals surface area contributed by atoms with E-state index >= 15 is 0 Å². The van der Waals surface area contributed by atoms with E-state index in [2.05, 4.69) is 5.32 Å². The molecule has 0 saturated carbocycles. The second-order valence-corrected chi connectivity index (χ2v) is 6.27. The molecule has 2 nitrogen and oxygen atoms in total. The van der Waals surface area contributed by atoms with E-state index in [1.54, 1.807) is 18.2 Å². The first-order valence-electron chi connectivity index (χ1n) is 7.75. The Morgan fingerprint density at radius 1 is 1.12 bits per heavy atom. The monoisotopic (exact) mass is 335 g/mol. The molecule has 2 aromatic rings. The van der Waals surface area contributed by atoms with E-state index in [0.717, 1.165) is 17.7 Å². The van der Waals surface area contributed by atoms with Gasteiger partial charge in [0.2, 0.25) is 5.91 Å². The van der Waals surface area contributed by atoms with Crippen molar-refractivity contribution in [3.63, 3.8) is 0 Å². The Balaban J connectivity index is 2.43. The summed E-state index contributed by atoms with van der Waals surface area (Å²) in [5.41, 5.74) is 1.72. The summed E-state index contributed by atoms with van der Waals surface area (Å²) < 4.78 is 38.8. The van der Waals surface area contributed by atoms with Gasteiger partial charge in [0.1, 0.15) is 0 Å². The highest BCUT2D eigenvalue weighted by molar-refractivity contribution is 5.95. The van der Waals surface area contributed by atoms with Crippen LogP contribution in [0.1, 0.15) is 31.4 Å². The number of rotatable bonds is 4.